The standard InChI is InChI=1S/C23H31N5O2/c1-4-28(20-7-5-14-27(17-20)22(29)8-6-13-26(2)3)21-15-19(16-25-23(21)30)18-9-11-24-12-10-18/h6,8-12,15-16,20H,4-5,7,13-14,17H2,1-3H3,(H,25,30). The van der Waals surface area contributed by atoms with E-state index >= 15 is 0 Å². The lowest BCUT2D eigenvalue weighted by atomic mass is 10.0. The Morgan fingerprint density at radius 2 is 2.07 bits per heavy atom. The quantitative estimate of drug-likeness (QED) is 0.711. The van der Waals surface area contributed by atoms with E-state index in [0.717, 1.165) is 37.1 Å². The number of nitrogens with zero attached hydrogens (tertiary/aromatic N) is 4. The summed E-state index contributed by atoms with van der Waals surface area (Å²) in [4.78, 5) is 38.3. The van der Waals surface area contributed by atoms with Crippen molar-refractivity contribution in [2.45, 2.75) is 25.8 Å². The van der Waals surface area contributed by atoms with Crippen molar-refractivity contribution < 1.29 is 4.79 Å². The van der Waals surface area contributed by atoms with Crippen LogP contribution in [0.5, 0.6) is 0 Å². The first-order chi connectivity index (χ1) is 14.5. The first-order valence-electron chi connectivity index (χ1n) is 10.5. The molecule has 0 aromatic carbocycles. The second-order valence-electron chi connectivity index (χ2n) is 7.87. The van der Waals surface area contributed by atoms with Crippen molar-refractivity contribution >= 4 is 11.6 Å². The average molecular weight is 410 g/mol. The van der Waals surface area contributed by atoms with Gasteiger partial charge in [0.1, 0.15) is 5.69 Å². The minimum atomic E-state index is -0.107. The molecule has 1 amide bonds. The molecule has 0 spiro atoms. The number of pyridine rings is 2. The molecule has 160 valence electrons. The lowest BCUT2D eigenvalue weighted by Gasteiger charge is -2.39. The smallest absolute Gasteiger partial charge is 0.271 e. The van der Waals surface area contributed by atoms with E-state index in [9.17, 15) is 9.59 Å². The first kappa shape index (κ1) is 21.8. The van der Waals surface area contributed by atoms with Gasteiger partial charge in [0.2, 0.25) is 5.91 Å². The minimum absolute atomic E-state index is 0.0389. The van der Waals surface area contributed by atoms with Crippen molar-refractivity contribution in [1.29, 1.82) is 0 Å². The number of likely N-dealkylation sites (tertiary alicyclic amines) is 1. The zero-order chi connectivity index (χ0) is 21.5. The van der Waals surface area contributed by atoms with Gasteiger partial charge in [-0.1, -0.05) is 6.08 Å². The van der Waals surface area contributed by atoms with Gasteiger partial charge in [0.05, 0.1) is 0 Å². The minimum Gasteiger partial charge on any atom is -0.363 e. The third kappa shape index (κ3) is 5.36. The number of piperidine rings is 1. The molecule has 1 unspecified atom stereocenters. The highest BCUT2D eigenvalue weighted by Gasteiger charge is 2.28. The number of H-pyrrole nitrogens is 1. The van der Waals surface area contributed by atoms with Gasteiger partial charge in [0, 0.05) is 62.5 Å². The van der Waals surface area contributed by atoms with Crippen molar-refractivity contribution in [2.75, 3.05) is 45.2 Å². The van der Waals surface area contributed by atoms with E-state index in [-0.39, 0.29) is 17.5 Å². The van der Waals surface area contributed by atoms with Crippen LogP contribution >= 0.6 is 0 Å². The highest BCUT2D eigenvalue weighted by Crippen LogP contribution is 2.25. The second kappa shape index (κ2) is 10.2. The lowest BCUT2D eigenvalue weighted by molar-refractivity contribution is -0.127. The highest BCUT2D eigenvalue weighted by molar-refractivity contribution is 5.87. The summed E-state index contributed by atoms with van der Waals surface area (Å²) >= 11 is 0. The SMILES string of the molecule is CCN(c1cc(-c2ccncc2)c[nH]c1=O)C1CCCN(C(=O)C=CCN(C)C)C1. The summed E-state index contributed by atoms with van der Waals surface area (Å²) in [6.45, 7) is 4.87. The van der Waals surface area contributed by atoms with Crippen molar-refractivity contribution in [2.24, 2.45) is 0 Å². The molecule has 1 atom stereocenters. The fourth-order valence-electron chi connectivity index (χ4n) is 3.90. The number of carbonyl (C=O) groups is 1. The van der Waals surface area contributed by atoms with Crippen LogP contribution in [0.4, 0.5) is 5.69 Å². The molecule has 1 saturated heterocycles. The Morgan fingerprint density at radius 3 is 2.77 bits per heavy atom. The van der Waals surface area contributed by atoms with Gasteiger partial charge in [-0.3, -0.25) is 14.6 Å². The summed E-state index contributed by atoms with van der Waals surface area (Å²) in [6, 6.07) is 5.91. The number of carbonyl (C=O) groups excluding carboxylic acids is 1. The molecule has 0 bridgehead atoms. The van der Waals surface area contributed by atoms with Crippen molar-refractivity contribution in [1.82, 2.24) is 19.8 Å². The van der Waals surface area contributed by atoms with Crippen molar-refractivity contribution in [3.8, 4) is 11.1 Å². The lowest BCUT2D eigenvalue weighted by Crippen LogP contribution is -2.50. The Bertz CT molecular complexity index is 923. The fraction of sp³-hybridized carbons (Fsp3) is 0.435. The molecule has 1 aliphatic rings. The number of aromatic nitrogens is 2. The van der Waals surface area contributed by atoms with Gasteiger partial charge in [-0.25, -0.2) is 0 Å². The number of anilines is 1. The van der Waals surface area contributed by atoms with Crippen LogP contribution in [-0.4, -0.2) is 72.0 Å². The normalized spacial score (nSPS) is 16.9. The zero-order valence-corrected chi connectivity index (χ0v) is 18.0. The Balaban J connectivity index is 1.79. The van der Waals surface area contributed by atoms with Crippen LogP contribution in [-0.2, 0) is 4.79 Å². The Kier molecular flexibility index (Phi) is 7.41. The molecule has 2 aromatic heterocycles. The monoisotopic (exact) mass is 409 g/mol. The van der Waals surface area contributed by atoms with Gasteiger partial charge in [-0.05, 0) is 57.6 Å². The summed E-state index contributed by atoms with van der Waals surface area (Å²) in [5, 5.41) is 0. The third-order valence-corrected chi connectivity index (χ3v) is 5.43. The summed E-state index contributed by atoms with van der Waals surface area (Å²) in [5.74, 6) is 0.0389. The number of amides is 1. The fourth-order valence-corrected chi connectivity index (χ4v) is 3.90. The molecule has 2 aromatic rings. The van der Waals surface area contributed by atoms with Crippen LogP contribution in [0, 0.1) is 0 Å². The van der Waals surface area contributed by atoms with E-state index < -0.39 is 0 Å². The predicted octanol–water partition coefficient (Wildman–Crippen LogP) is 2.37. The molecule has 1 N–H and O–H groups in total. The summed E-state index contributed by atoms with van der Waals surface area (Å²) in [5.41, 5.74) is 2.49. The Morgan fingerprint density at radius 1 is 1.30 bits per heavy atom. The largest absolute Gasteiger partial charge is 0.363 e. The van der Waals surface area contributed by atoms with Crippen LogP contribution in [0.1, 0.15) is 19.8 Å². The van der Waals surface area contributed by atoms with E-state index in [1.165, 1.54) is 0 Å². The molecule has 0 saturated carbocycles. The second-order valence-corrected chi connectivity index (χ2v) is 7.87. The van der Waals surface area contributed by atoms with Crippen LogP contribution in [0.2, 0.25) is 0 Å². The van der Waals surface area contributed by atoms with Gasteiger partial charge in [-0.15, -0.1) is 0 Å². The molecule has 3 heterocycles. The number of likely N-dealkylation sites (N-methyl/N-ethyl adjacent to an activating group) is 2. The third-order valence-electron chi connectivity index (χ3n) is 5.43. The van der Waals surface area contributed by atoms with E-state index in [1.807, 2.05) is 48.2 Å². The van der Waals surface area contributed by atoms with Crippen LogP contribution in [0.3, 0.4) is 0 Å². The maximum absolute atomic E-state index is 12.7. The number of hydrogen-bond acceptors (Lipinski definition) is 5. The highest BCUT2D eigenvalue weighted by atomic mass is 16.2. The van der Waals surface area contributed by atoms with Crippen LogP contribution in [0.15, 0.2) is 53.7 Å². The number of aromatic amines is 1. The summed E-state index contributed by atoms with van der Waals surface area (Å²) in [7, 11) is 3.95. The maximum Gasteiger partial charge on any atom is 0.271 e. The van der Waals surface area contributed by atoms with Gasteiger partial charge in [0.25, 0.3) is 5.56 Å². The predicted molar refractivity (Wildman–Crippen MR) is 121 cm³/mol. The Labute approximate surface area is 178 Å². The number of nitrogens with one attached hydrogen (secondary N) is 1. The number of rotatable bonds is 7. The molecule has 7 heteroatoms. The van der Waals surface area contributed by atoms with E-state index in [4.69, 9.17) is 0 Å². The molecule has 0 radical (unpaired) electrons. The summed E-state index contributed by atoms with van der Waals surface area (Å²) < 4.78 is 0. The van der Waals surface area contributed by atoms with Gasteiger partial charge < -0.3 is 19.7 Å². The molecular formula is C23H31N5O2. The summed E-state index contributed by atoms with van der Waals surface area (Å²) in [6.07, 6.45) is 10.7. The molecule has 1 aliphatic heterocycles. The van der Waals surface area contributed by atoms with E-state index in [1.54, 1.807) is 24.7 Å². The van der Waals surface area contributed by atoms with Crippen molar-refractivity contribution in [3.05, 3.63) is 59.3 Å². The Hall–Kier alpha value is -2.93. The zero-order valence-electron chi connectivity index (χ0n) is 18.0. The molecule has 0 aliphatic carbocycles. The van der Waals surface area contributed by atoms with E-state index in [2.05, 4.69) is 21.8 Å². The molecular weight excluding hydrogens is 378 g/mol. The first-order valence-corrected chi connectivity index (χ1v) is 10.5. The molecule has 3 rings (SSSR count). The topological polar surface area (TPSA) is 72.5 Å². The average Bonchev–Trinajstić information content (AvgIpc) is 2.76. The number of hydrogen-bond donors (Lipinski definition) is 1. The molecule has 1 fully saturated rings. The van der Waals surface area contributed by atoms with E-state index in [0.29, 0.717) is 18.8 Å². The maximum atomic E-state index is 12.7. The van der Waals surface area contributed by atoms with Gasteiger partial charge >= 0.3 is 0 Å². The van der Waals surface area contributed by atoms with Crippen LogP contribution < -0.4 is 10.5 Å². The molecule has 30 heavy (non-hydrogen) atoms. The van der Waals surface area contributed by atoms with Gasteiger partial charge in [0.15, 0.2) is 0 Å². The van der Waals surface area contributed by atoms with Crippen LogP contribution in [0.25, 0.3) is 11.1 Å². The van der Waals surface area contributed by atoms with Crippen molar-refractivity contribution in [3.63, 3.8) is 0 Å². The molecule has 7 nitrogen and oxygen atoms in total. The van der Waals surface area contributed by atoms with Gasteiger partial charge in [-0.2, -0.15) is 0 Å².